The summed E-state index contributed by atoms with van der Waals surface area (Å²) in [6, 6.07) is 10.1. The molecule has 0 atom stereocenters. The first-order chi connectivity index (χ1) is 8.29. The lowest BCUT2D eigenvalue weighted by molar-refractivity contribution is -0.134. The molecule has 3 heteroatoms. The molecule has 0 aromatic heterocycles. The maximum absolute atomic E-state index is 11.2. The molecule has 1 aliphatic rings. The van der Waals surface area contributed by atoms with Gasteiger partial charge in [-0.3, -0.25) is 0 Å². The summed E-state index contributed by atoms with van der Waals surface area (Å²) in [7, 11) is 1.40. The predicted octanol–water partition coefficient (Wildman–Crippen LogP) is 2.92. The Balaban J connectivity index is 2.23. The molecule has 0 radical (unpaired) electrons. The van der Waals surface area contributed by atoms with Gasteiger partial charge in [-0.25, -0.2) is 4.79 Å². The maximum Gasteiger partial charge on any atom is 0.330 e. The highest BCUT2D eigenvalue weighted by Crippen LogP contribution is 2.30. The van der Waals surface area contributed by atoms with E-state index < -0.39 is 0 Å². The van der Waals surface area contributed by atoms with Gasteiger partial charge >= 0.3 is 5.97 Å². The Morgan fingerprint density at radius 2 is 1.94 bits per heavy atom. The SMILES string of the molecule is COC(=O)/C=C1\CSC\C1=C/c1ccccc1. The predicted molar refractivity (Wildman–Crippen MR) is 71.8 cm³/mol. The Labute approximate surface area is 105 Å². The van der Waals surface area contributed by atoms with Gasteiger partial charge in [-0.2, -0.15) is 11.8 Å². The van der Waals surface area contributed by atoms with Crippen molar-refractivity contribution in [3.05, 3.63) is 53.1 Å². The van der Waals surface area contributed by atoms with Crippen LogP contribution in [-0.4, -0.2) is 24.6 Å². The van der Waals surface area contributed by atoms with Gasteiger partial charge in [0.25, 0.3) is 0 Å². The number of esters is 1. The zero-order valence-electron chi connectivity index (χ0n) is 9.68. The van der Waals surface area contributed by atoms with Crippen molar-refractivity contribution in [3.63, 3.8) is 0 Å². The van der Waals surface area contributed by atoms with Crippen LogP contribution in [0.4, 0.5) is 0 Å². The van der Waals surface area contributed by atoms with E-state index in [0.717, 1.165) is 17.1 Å². The number of hydrogen-bond acceptors (Lipinski definition) is 3. The number of rotatable bonds is 2. The second-order valence-corrected chi connectivity index (χ2v) is 4.75. The van der Waals surface area contributed by atoms with Crippen LogP contribution >= 0.6 is 11.8 Å². The smallest absolute Gasteiger partial charge is 0.330 e. The van der Waals surface area contributed by atoms with E-state index in [1.165, 1.54) is 18.2 Å². The molecule has 1 aromatic carbocycles. The number of carbonyl (C=O) groups is 1. The van der Waals surface area contributed by atoms with Crippen LogP contribution in [0.1, 0.15) is 5.56 Å². The summed E-state index contributed by atoms with van der Waals surface area (Å²) in [6.07, 6.45) is 3.73. The number of carbonyl (C=O) groups excluding carboxylic acids is 1. The largest absolute Gasteiger partial charge is 0.466 e. The molecule has 1 fully saturated rings. The molecule has 2 nitrogen and oxygen atoms in total. The van der Waals surface area contributed by atoms with E-state index >= 15 is 0 Å². The molecule has 0 bridgehead atoms. The minimum Gasteiger partial charge on any atom is -0.466 e. The van der Waals surface area contributed by atoms with Gasteiger partial charge in [0.15, 0.2) is 0 Å². The molecule has 2 rings (SSSR count). The molecule has 1 heterocycles. The molecule has 88 valence electrons. The van der Waals surface area contributed by atoms with E-state index in [4.69, 9.17) is 0 Å². The van der Waals surface area contributed by atoms with Crippen LogP contribution < -0.4 is 0 Å². The second-order valence-electron chi connectivity index (χ2n) is 3.77. The van der Waals surface area contributed by atoms with Crippen molar-refractivity contribution in [3.8, 4) is 0 Å². The molecular formula is C14H14O2S. The van der Waals surface area contributed by atoms with Crippen LogP contribution in [0.2, 0.25) is 0 Å². The summed E-state index contributed by atoms with van der Waals surface area (Å²) < 4.78 is 4.66. The minimum atomic E-state index is -0.276. The third-order valence-corrected chi connectivity index (χ3v) is 3.59. The molecular weight excluding hydrogens is 232 g/mol. The highest BCUT2D eigenvalue weighted by atomic mass is 32.2. The molecule has 0 amide bonds. The quantitative estimate of drug-likeness (QED) is 0.593. The lowest BCUT2D eigenvalue weighted by Crippen LogP contribution is -1.98. The highest BCUT2D eigenvalue weighted by molar-refractivity contribution is 8.00. The van der Waals surface area contributed by atoms with Crippen molar-refractivity contribution in [1.29, 1.82) is 0 Å². The van der Waals surface area contributed by atoms with Crippen molar-refractivity contribution in [1.82, 2.24) is 0 Å². The Morgan fingerprint density at radius 3 is 2.65 bits per heavy atom. The van der Waals surface area contributed by atoms with Gasteiger partial charge in [-0.15, -0.1) is 0 Å². The molecule has 0 spiro atoms. The van der Waals surface area contributed by atoms with Crippen LogP contribution in [0.3, 0.4) is 0 Å². The molecule has 1 aromatic rings. The molecule has 1 saturated heterocycles. The van der Waals surface area contributed by atoms with Crippen molar-refractivity contribution < 1.29 is 9.53 Å². The standard InChI is InChI=1S/C14H14O2S/c1-16-14(15)8-13-10-17-9-12(13)7-11-5-3-2-4-6-11/h2-8H,9-10H2,1H3/b12-7+,13-8+. The summed E-state index contributed by atoms with van der Waals surface area (Å²) in [5, 5.41) is 0. The van der Waals surface area contributed by atoms with Gasteiger partial charge in [-0.1, -0.05) is 36.4 Å². The average Bonchev–Trinajstić information content (AvgIpc) is 2.78. The second kappa shape index (κ2) is 5.73. The maximum atomic E-state index is 11.2. The van der Waals surface area contributed by atoms with Crippen LogP contribution in [0.5, 0.6) is 0 Å². The molecule has 0 saturated carbocycles. The van der Waals surface area contributed by atoms with Gasteiger partial charge in [0.2, 0.25) is 0 Å². The van der Waals surface area contributed by atoms with E-state index in [2.05, 4.69) is 22.9 Å². The fourth-order valence-electron chi connectivity index (χ4n) is 1.68. The number of ether oxygens (including phenoxy) is 1. The van der Waals surface area contributed by atoms with E-state index in [1.54, 1.807) is 6.08 Å². The van der Waals surface area contributed by atoms with E-state index in [-0.39, 0.29) is 5.97 Å². The third-order valence-electron chi connectivity index (χ3n) is 2.56. The van der Waals surface area contributed by atoms with E-state index in [0.29, 0.717) is 0 Å². The highest BCUT2D eigenvalue weighted by Gasteiger charge is 2.15. The Morgan fingerprint density at radius 1 is 1.24 bits per heavy atom. The molecule has 0 aliphatic carbocycles. The normalized spacial score (nSPS) is 19.8. The lowest BCUT2D eigenvalue weighted by atomic mass is 10.1. The van der Waals surface area contributed by atoms with E-state index in [9.17, 15) is 4.79 Å². The fraction of sp³-hybridized carbons (Fsp3) is 0.214. The first kappa shape index (κ1) is 12.0. The summed E-state index contributed by atoms with van der Waals surface area (Å²) in [6.45, 7) is 0. The van der Waals surface area contributed by atoms with Gasteiger partial charge < -0.3 is 4.74 Å². The zero-order valence-corrected chi connectivity index (χ0v) is 10.5. The number of hydrogen-bond donors (Lipinski definition) is 0. The number of benzene rings is 1. The number of methoxy groups -OCH3 is 1. The van der Waals surface area contributed by atoms with Gasteiger partial charge in [-0.05, 0) is 16.7 Å². The van der Waals surface area contributed by atoms with Crippen molar-refractivity contribution in [2.24, 2.45) is 0 Å². The first-order valence-electron chi connectivity index (χ1n) is 5.42. The van der Waals surface area contributed by atoms with Gasteiger partial charge in [0.1, 0.15) is 0 Å². The van der Waals surface area contributed by atoms with E-state index in [1.807, 2.05) is 30.0 Å². The molecule has 1 aliphatic heterocycles. The Bertz CT molecular complexity index is 460. The third kappa shape index (κ3) is 3.24. The molecule has 0 unspecified atom stereocenters. The minimum absolute atomic E-state index is 0.276. The van der Waals surface area contributed by atoms with Crippen LogP contribution in [0, 0.1) is 0 Å². The first-order valence-corrected chi connectivity index (χ1v) is 6.57. The molecule has 17 heavy (non-hydrogen) atoms. The van der Waals surface area contributed by atoms with Crippen LogP contribution in [0.15, 0.2) is 47.6 Å². The van der Waals surface area contributed by atoms with Crippen LogP contribution in [-0.2, 0) is 9.53 Å². The van der Waals surface area contributed by atoms with Crippen LogP contribution in [0.25, 0.3) is 6.08 Å². The average molecular weight is 246 g/mol. The van der Waals surface area contributed by atoms with Gasteiger partial charge in [0, 0.05) is 17.6 Å². The summed E-state index contributed by atoms with van der Waals surface area (Å²) in [5.74, 6) is 1.56. The van der Waals surface area contributed by atoms with Crippen molar-refractivity contribution >= 4 is 23.8 Å². The summed E-state index contributed by atoms with van der Waals surface area (Å²) in [4.78, 5) is 11.2. The zero-order chi connectivity index (χ0) is 12.1. The molecule has 0 N–H and O–H groups in total. The lowest BCUT2D eigenvalue weighted by Gasteiger charge is -2.00. The van der Waals surface area contributed by atoms with Crippen molar-refractivity contribution in [2.45, 2.75) is 0 Å². The van der Waals surface area contributed by atoms with Gasteiger partial charge in [0.05, 0.1) is 7.11 Å². The monoisotopic (exact) mass is 246 g/mol. The Hall–Kier alpha value is -1.48. The summed E-state index contributed by atoms with van der Waals surface area (Å²) >= 11 is 1.82. The fourth-order valence-corrected chi connectivity index (χ4v) is 2.76. The summed E-state index contributed by atoms with van der Waals surface area (Å²) in [5.41, 5.74) is 3.46. The topological polar surface area (TPSA) is 26.3 Å². The number of thioether (sulfide) groups is 1. The Kier molecular flexibility index (Phi) is 4.04. The van der Waals surface area contributed by atoms with Crippen molar-refractivity contribution in [2.75, 3.05) is 18.6 Å².